The van der Waals surface area contributed by atoms with Crippen molar-refractivity contribution >= 4 is 17.3 Å². The lowest BCUT2D eigenvalue weighted by Gasteiger charge is -2.37. The molecule has 2 N–H and O–H groups in total. The Morgan fingerprint density at radius 1 is 1.19 bits per heavy atom. The molecular weight excluding hydrogens is 418 g/mol. The standard InChI is InChI=1S/C23H22F2N4O3/c1-14-29(21(13-31-14)23(27)30)20-10-15(12-26)2-4-19(20)28-8-6-17(7-9-28)32-22-5-3-16(24)11-18(22)25/h2-5,10-11,13-14,17H,6-9H2,1H3,(H2,27,30). The molecule has 1 fully saturated rings. The number of nitrogens with zero attached hydrogens (tertiary/aromatic N) is 3. The van der Waals surface area contributed by atoms with E-state index in [0.717, 1.165) is 11.8 Å². The summed E-state index contributed by atoms with van der Waals surface area (Å²) in [6.45, 7) is 2.99. The molecule has 2 aromatic rings. The van der Waals surface area contributed by atoms with Crippen molar-refractivity contribution in [2.45, 2.75) is 32.1 Å². The Morgan fingerprint density at radius 3 is 2.59 bits per heavy atom. The molecule has 9 heteroatoms. The number of piperidine rings is 1. The summed E-state index contributed by atoms with van der Waals surface area (Å²) >= 11 is 0. The highest BCUT2D eigenvalue weighted by Gasteiger charge is 2.33. The molecule has 2 aliphatic heterocycles. The van der Waals surface area contributed by atoms with Crippen molar-refractivity contribution < 1.29 is 23.0 Å². The molecule has 1 amide bonds. The second kappa shape index (κ2) is 8.75. The number of nitriles is 1. The number of ether oxygens (including phenoxy) is 2. The van der Waals surface area contributed by atoms with Gasteiger partial charge < -0.3 is 20.1 Å². The average molecular weight is 440 g/mol. The number of hydrogen-bond donors (Lipinski definition) is 1. The minimum Gasteiger partial charge on any atom is -0.487 e. The Bertz CT molecular complexity index is 1110. The predicted molar refractivity (Wildman–Crippen MR) is 114 cm³/mol. The number of anilines is 2. The van der Waals surface area contributed by atoms with Crippen molar-refractivity contribution in [3.05, 3.63) is 65.6 Å². The monoisotopic (exact) mass is 440 g/mol. The Hall–Kier alpha value is -3.80. The third-order valence-corrected chi connectivity index (χ3v) is 5.59. The van der Waals surface area contributed by atoms with Gasteiger partial charge in [0, 0.05) is 32.0 Å². The lowest BCUT2D eigenvalue weighted by molar-refractivity contribution is -0.114. The van der Waals surface area contributed by atoms with E-state index in [1.54, 1.807) is 24.0 Å². The van der Waals surface area contributed by atoms with Crippen molar-refractivity contribution in [1.29, 1.82) is 5.26 Å². The fourth-order valence-corrected chi connectivity index (χ4v) is 4.00. The van der Waals surface area contributed by atoms with Gasteiger partial charge in [-0.05, 0) is 37.3 Å². The van der Waals surface area contributed by atoms with E-state index < -0.39 is 23.8 Å². The largest absolute Gasteiger partial charge is 0.487 e. The molecule has 32 heavy (non-hydrogen) atoms. The summed E-state index contributed by atoms with van der Waals surface area (Å²) in [4.78, 5) is 15.7. The molecule has 4 rings (SSSR count). The summed E-state index contributed by atoms with van der Waals surface area (Å²) in [5.74, 6) is -1.97. The fraction of sp³-hybridized carbons (Fsp3) is 0.304. The zero-order valence-corrected chi connectivity index (χ0v) is 17.4. The first-order chi connectivity index (χ1) is 15.4. The van der Waals surface area contributed by atoms with Crippen LogP contribution in [-0.4, -0.2) is 31.3 Å². The zero-order valence-electron chi connectivity index (χ0n) is 17.4. The minimum absolute atomic E-state index is 0.0307. The number of hydrogen-bond acceptors (Lipinski definition) is 6. The van der Waals surface area contributed by atoms with Crippen LogP contribution in [0.2, 0.25) is 0 Å². The van der Waals surface area contributed by atoms with E-state index >= 15 is 0 Å². The first-order valence-corrected chi connectivity index (χ1v) is 10.2. The highest BCUT2D eigenvalue weighted by atomic mass is 19.1. The highest BCUT2D eigenvalue weighted by Crippen LogP contribution is 2.38. The van der Waals surface area contributed by atoms with E-state index in [1.165, 1.54) is 18.4 Å². The number of carbonyl (C=O) groups is 1. The molecule has 0 saturated carbocycles. The number of benzene rings is 2. The van der Waals surface area contributed by atoms with Gasteiger partial charge in [0.15, 0.2) is 17.8 Å². The molecule has 7 nitrogen and oxygen atoms in total. The smallest absolute Gasteiger partial charge is 0.268 e. The fourth-order valence-electron chi connectivity index (χ4n) is 4.00. The lowest BCUT2D eigenvalue weighted by Crippen LogP contribution is -2.40. The molecule has 0 aromatic heterocycles. The SMILES string of the molecule is CC1OC=C(C(N)=O)N1c1cc(C#N)ccc1N1CCC(Oc2ccc(F)cc2F)CC1. The Balaban J connectivity index is 1.54. The van der Waals surface area contributed by atoms with Gasteiger partial charge in [-0.3, -0.25) is 9.69 Å². The summed E-state index contributed by atoms with van der Waals surface area (Å²) in [5.41, 5.74) is 7.63. The van der Waals surface area contributed by atoms with Gasteiger partial charge >= 0.3 is 0 Å². The summed E-state index contributed by atoms with van der Waals surface area (Å²) < 4.78 is 38.3. The maximum Gasteiger partial charge on any atom is 0.268 e. The predicted octanol–water partition coefficient (Wildman–Crippen LogP) is 3.39. The summed E-state index contributed by atoms with van der Waals surface area (Å²) in [6.07, 6.45) is 1.87. The molecular formula is C23H22F2N4O3. The zero-order chi connectivity index (χ0) is 22.8. The topological polar surface area (TPSA) is 91.8 Å². The first kappa shape index (κ1) is 21.4. The van der Waals surface area contributed by atoms with Crippen LogP contribution in [0.5, 0.6) is 5.75 Å². The van der Waals surface area contributed by atoms with Gasteiger partial charge in [0.05, 0.1) is 23.0 Å². The molecule has 2 heterocycles. The van der Waals surface area contributed by atoms with Crippen molar-refractivity contribution in [3.63, 3.8) is 0 Å². The number of halogens is 2. The molecule has 166 valence electrons. The third kappa shape index (κ3) is 4.17. The van der Waals surface area contributed by atoms with Gasteiger partial charge in [-0.1, -0.05) is 0 Å². The normalized spacial score (nSPS) is 18.7. The molecule has 1 atom stereocenters. The summed E-state index contributed by atoms with van der Waals surface area (Å²) in [6, 6.07) is 10.6. The summed E-state index contributed by atoms with van der Waals surface area (Å²) in [7, 11) is 0. The maximum atomic E-state index is 13.9. The molecule has 0 spiro atoms. The van der Waals surface area contributed by atoms with E-state index in [1.807, 2.05) is 6.07 Å². The second-order valence-corrected chi connectivity index (χ2v) is 7.67. The van der Waals surface area contributed by atoms with Crippen LogP contribution in [-0.2, 0) is 9.53 Å². The molecule has 1 unspecified atom stereocenters. The maximum absolute atomic E-state index is 13.9. The van der Waals surface area contributed by atoms with Crippen LogP contribution in [0.15, 0.2) is 48.4 Å². The van der Waals surface area contributed by atoms with E-state index in [-0.39, 0.29) is 17.6 Å². The Labute approximate surface area is 184 Å². The van der Waals surface area contributed by atoms with Crippen LogP contribution in [0.1, 0.15) is 25.3 Å². The van der Waals surface area contributed by atoms with Crippen LogP contribution in [0.25, 0.3) is 0 Å². The van der Waals surface area contributed by atoms with Crippen molar-refractivity contribution in [1.82, 2.24) is 0 Å². The first-order valence-electron chi connectivity index (χ1n) is 10.2. The number of carbonyl (C=O) groups excluding carboxylic acids is 1. The lowest BCUT2D eigenvalue weighted by atomic mass is 10.0. The van der Waals surface area contributed by atoms with Crippen LogP contribution in [0.4, 0.5) is 20.2 Å². The van der Waals surface area contributed by atoms with Gasteiger partial charge in [0.25, 0.3) is 5.91 Å². The second-order valence-electron chi connectivity index (χ2n) is 7.67. The van der Waals surface area contributed by atoms with Gasteiger partial charge in [0.2, 0.25) is 0 Å². The number of nitrogens with two attached hydrogens (primary N) is 1. The van der Waals surface area contributed by atoms with Crippen LogP contribution in [0, 0.1) is 23.0 Å². The molecule has 0 bridgehead atoms. The van der Waals surface area contributed by atoms with Crippen molar-refractivity contribution in [3.8, 4) is 11.8 Å². The Morgan fingerprint density at radius 2 is 1.94 bits per heavy atom. The third-order valence-electron chi connectivity index (χ3n) is 5.59. The number of primary amides is 1. The average Bonchev–Trinajstić information content (AvgIpc) is 3.17. The molecule has 1 saturated heterocycles. The minimum atomic E-state index is -0.726. The van der Waals surface area contributed by atoms with Gasteiger partial charge in [0.1, 0.15) is 23.9 Å². The van der Waals surface area contributed by atoms with E-state index in [4.69, 9.17) is 15.2 Å². The summed E-state index contributed by atoms with van der Waals surface area (Å²) in [5, 5.41) is 9.37. The van der Waals surface area contributed by atoms with E-state index in [0.29, 0.717) is 37.2 Å². The molecule has 2 aliphatic rings. The quantitative estimate of drug-likeness (QED) is 0.766. The molecule has 2 aromatic carbocycles. The van der Waals surface area contributed by atoms with Gasteiger partial charge in [-0.15, -0.1) is 0 Å². The highest BCUT2D eigenvalue weighted by molar-refractivity contribution is 5.97. The van der Waals surface area contributed by atoms with Crippen LogP contribution >= 0.6 is 0 Å². The van der Waals surface area contributed by atoms with Crippen molar-refractivity contribution in [2.24, 2.45) is 5.73 Å². The van der Waals surface area contributed by atoms with Crippen molar-refractivity contribution in [2.75, 3.05) is 22.9 Å². The molecule has 0 radical (unpaired) electrons. The molecule has 0 aliphatic carbocycles. The van der Waals surface area contributed by atoms with E-state index in [9.17, 15) is 18.8 Å². The van der Waals surface area contributed by atoms with E-state index in [2.05, 4.69) is 11.0 Å². The van der Waals surface area contributed by atoms with Crippen LogP contribution < -0.4 is 20.3 Å². The number of amides is 1. The Kier molecular flexibility index (Phi) is 5.86. The van der Waals surface area contributed by atoms with Gasteiger partial charge in [-0.25, -0.2) is 8.78 Å². The van der Waals surface area contributed by atoms with Crippen LogP contribution in [0.3, 0.4) is 0 Å². The number of rotatable bonds is 5. The van der Waals surface area contributed by atoms with Gasteiger partial charge in [-0.2, -0.15) is 5.26 Å².